The number of carbonyl (C=O) groups is 1. The molecule has 6 nitrogen and oxygen atoms in total. The van der Waals surface area contributed by atoms with Crippen molar-refractivity contribution in [3.05, 3.63) is 60.9 Å². The van der Waals surface area contributed by atoms with Crippen molar-refractivity contribution in [2.45, 2.75) is 6.92 Å². The smallest absolute Gasteiger partial charge is 0.420 e. The van der Waals surface area contributed by atoms with Crippen LogP contribution in [0, 0.1) is 6.92 Å². The maximum atomic E-state index is 12.5. The van der Waals surface area contributed by atoms with Gasteiger partial charge in [-0.3, -0.25) is 0 Å². The van der Waals surface area contributed by atoms with Crippen LogP contribution >= 0.6 is 0 Å². The molecule has 0 radical (unpaired) electrons. The van der Waals surface area contributed by atoms with Crippen LogP contribution in [0.4, 0.5) is 16.3 Å². The molecule has 0 bridgehead atoms. The van der Waals surface area contributed by atoms with Gasteiger partial charge < -0.3 is 9.72 Å². The van der Waals surface area contributed by atoms with Gasteiger partial charge >= 0.3 is 6.09 Å². The number of anilines is 2. The number of nitrogens with zero attached hydrogens (tertiary/aromatic N) is 3. The summed E-state index contributed by atoms with van der Waals surface area (Å²) >= 11 is 0. The average Bonchev–Trinajstić information content (AvgIpc) is 3.01. The minimum absolute atomic E-state index is 0.126. The van der Waals surface area contributed by atoms with Crippen LogP contribution in [0.1, 0.15) is 5.56 Å². The molecule has 1 N–H and O–H groups in total. The Labute approximate surface area is 133 Å². The molecule has 0 aliphatic carbocycles. The summed E-state index contributed by atoms with van der Waals surface area (Å²) in [4.78, 5) is 25.6. The van der Waals surface area contributed by atoms with Crippen LogP contribution in [0.5, 0.6) is 0 Å². The van der Waals surface area contributed by atoms with Crippen LogP contribution in [0.2, 0.25) is 0 Å². The third-order valence-corrected chi connectivity index (χ3v) is 3.24. The van der Waals surface area contributed by atoms with E-state index in [1.165, 1.54) is 17.2 Å². The molecule has 0 atom stereocenters. The van der Waals surface area contributed by atoms with Crippen LogP contribution in [0.15, 0.2) is 55.4 Å². The summed E-state index contributed by atoms with van der Waals surface area (Å²) in [6, 6.07) is 9.34. The summed E-state index contributed by atoms with van der Waals surface area (Å²) < 4.78 is 5.19. The number of amides is 1. The van der Waals surface area contributed by atoms with Gasteiger partial charge in [0.1, 0.15) is 12.1 Å². The summed E-state index contributed by atoms with van der Waals surface area (Å²) in [6.45, 7) is 5.64. The van der Waals surface area contributed by atoms with Gasteiger partial charge in [-0.1, -0.05) is 24.8 Å². The minimum atomic E-state index is -0.528. The molecule has 0 fully saturated rings. The molecular formula is C17H16N4O2. The molecule has 23 heavy (non-hydrogen) atoms. The Balaban J connectivity index is 2.06. The number of hydrogen-bond donors (Lipinski definition) is 1. The van der Waals surface area contributed by atoms with Crippen molar-refractivity contribution in [1.29, 1.82) is 0 Å². The first kappa shape index (κ1) is 14.8. The highest BCUT2D eigenvalue weighted by Crippen LogP contribution is 2.26. The normalized spacial score (nSPS) is 10.5. The van der Waals surface area contributed by atoms with Crippen molar-refractivity contribution in [3.8, 4) is 0 Å². The molecule has 0 saturated carbocycles. The van der Waals surface area contributed by atoms with Gasteiger partial charge in [0.15, 0.2) is 11.5 Å². The van der Waals surface area contributed by atoms with Crippen molar-refractivity contribution in [2.75, 3.05) is 11.5 Å². The first-order valence-corrected chi connectivity index (χ1v) is 7.13. The summed E-state index contributed by atoms with van der Waals surface area (Å²) in [5.74, 6) is 0.400. The lowest BCUT2D eigenvalue weighted by atomic mass is 10.2. The van der Waals surface area contributed by atoms with Gasteiger partial charge in [-0.05, 0) is 30.7 Å². The molecule has 2 heterocycles. The molecule has 116 valence electrons. The van der Waals surface area contributed by atoms with Crippen LogP contribution in [-0.4, -0.2) is 27.7 Å². The molecular weight excluding hydrogens is 292 g/mol. The van der Waals surface area contributed by atoms with Crippen molar-refractivity contribution in [2.24, 2.45) is 0 Å². The summed E-state index contributed by atoms with van der Waals surface area (Å²) in [7, 11) is 0. The van der Waals surface area contributed by atoms with Crippen LogP contribution < -0.4 is 4.90 Å². The van der Waals surface area contributed by atoms with E-state index in [1.54, 1.807) is 12.3 Å². The zero-order valence-corrected chi connectivity index (χ0v) is 12.7. The van der Waals surface area contributed by atoms with Gasteiger partial charge in [0.2, 0.25) is 0 Å². The molecule has 2 aromatic heterocycles. The van der Waals surface area contributed by atoms with Crippen LogP contribution in [0.3, 0.4) is 0 Å². The van der Waals surface area contributed by atoms with E-state index in [-0.39, 0.29) is 6.61 Å². The molecule has 1 amide bonds. The summed E-state index contributed by atoms with van der Waals surface area (Å²) in [5.41, 5.74) is 3.04. The highest BCUT2D eigenvalue weighted by Gasteiger charge is 2.21. The van der Waals surface area contributed by atoms with E-state index in [9.17, 15) is 4.79 Å². The molecule has 6 heteroatoms. The number of hydrogen-bond acceptors (Lipinski definition) is 4. The topological polar surface area (TPSA) is 71.1 Å². The fraction of sp³-hybridized carbons (Fsp3) is 0.118. The number of aromatic amines is 1. The van der Waals surface area contributed by atoms with Crippen molar-refractivity contribution in [3.63, 3.8) is 0 Å². The minimum Gasteiger partial charge on any atom is -0.445 e. The van der Waals surface area contributed by atoms with Gasteiger partial charge in [0.25, 0.3) is 0 Å². The van der Waals surface area contributed by atoms with E-state index >= 15 is 0 Å². The lowest BCUT2D eigenvalue weighted by Gasteiger charge is -2.21. The Morgan fingerprint density at radius 1 is 1.43 bits per heavy atom. The first-order chi connectivity index (χ1) is 11.2. The Morgan fingerprint density at radius 2 is 2.30 bits per heavy atom. The quantitative estimate of drug-likeness (QED) is 0.746. The van der Waals surface area contributed by atoms with Crippen LogP contribution in [0.25, 0.3) is 11.2 Å². The largest absolute Gasteiger partial charge is 0.445 e. The van der Waals surface area contributed by atoms with E-state index < -0.39 is 6.09 Å². The SMILES string of the molecule is C=CCOC(=O)N(c1cccc(C)c1)c1cnc2[nH]ccc2n1. The molecule has 3 aromatic rings. The number of ether oxygens (including phenoxy) is 1. The number of nitrogens with one attached hydrogen (secondary N) is 1. The second-order valence-corrected chi connectivity index (χ2v) is 4.98. The maximum absolute atomic E-state index is 12.5. The lowest BCUT2D eigenvalue weighted by Crippen LogP contribution is -2.27. The number of rotatable bonds is 4. The first-order valence-electron chi connectivity index (χ1n) is 7.13. The van der Waals surface area contributed by atoms with Gasteiger partial charge in [0.05, 0.1) is 11.9 Å². The Morgan fingerprint density at radius 3 is 3.09 bits per heavy atom. The standard InChI is InChI=1S/C17H16N4O2/c1-3-9-23-17(22)21(13-6-4-5-12(2)10-13)15-11-19-16-14(20-15)7-8-18-16/h3-8,10-11H,1,9H2,2H3,(H,18,19). The van der Waals surface area contributed by atoms with Crippen molar-refractivity contribution < 1.29 is 9.53 Å². The second-order valence-electron chi connectivity index (χ2n) is 4.98. The highest BCUT2D eigenvalue weighted by molar-refractivity contribution is 5.95. The second kappa shape index (κ2) is 6.31. The van der Waals surface area contributed by atoms with Crippen molar-refractivity contribution >= 4 is 28.8 Å². The van der Waals surface area contributed by atoms with E-state index in [0.29, 0.717) is 22.7 Å². The predicted molar refractivity (Wildman–Crippen MR) is 88.8 cm³/mol. The number of carbonyl (C=O) groups excluding carboxylic acids is 1. The summed E-state index contributed by atoms with van der Waals surface area (Å²) in [6.07, 6.45) is 4.28. The van der Waals surface area contributed by atoms with Gasteiger partial charge in [-0.25, -0.2) is 19.7 Å². The number of aromatic nitrogens is 3. The number of aryl methyl sites for hydroxylation is 1. The predicted octanol–water partition coefficient (Wildman–Crippen LogP) is 3.73. The highest BCUT2D eigenvalue weighted by atomic mass is 16.6. The molecule has 1 aromatic carbocycles. The number of fused-ring (bicyclic) bond motifs is 1. The van der Waals surface area contributed by atoms with Crippen molar-refractivity contribution in [1.82, 2.24) is 15.0 Å². The molecule has 0 aliphatic heterocycles. The lowest BCUT2D eigenvalue weighted by molar-refractivity contribution is 0.169. The van der Waals surface area contributed by atoms with E-state index in [2.05, 4.69) is 21.5 Å². The third kappa shape index (κ3) is 3.06. The van der Waals surface area contributed by atoms with Gasteiger partial charge in [0, 0.05) is 6.20 Å². The zero-order valence-electron chi connectivity index (χ0n) is 12.7. The molecule has 0 spiro atoms. The Hall–Kier alpha value is -3.15. The van der Waals surface area contributed by atoms with E-state index in [0.717, 1.165) is 5.56 Å². The molecule has 0 aliphatic rings. The maximum Gasteiger partial charge on any atom is 0.420 e. The molecule has 0 saturated heterocycles. The fourth-order valence-electron chi connectivity index (χ4n) is 2.22. The van der Waals surface area contributed by atoms with Gasteiger partial charge in [-0.15, -0.1) is 0 Å². The van der Waals surface area contributed by atoms with Gasteiger partial charge in [-0.2, -0.15) is 0 Å². The molecule has 3 rings (SSSR count). The summed E-state index contributed by atoms with van der Waals surface area (Å²) in [5, 5.41) is 0. The fourth-order valence-corrected chi connectivity index (χ4v) is 2.22. The van der Waals surface area contributed by atoms with E-state index in [4.69, 9.17) is 4.74 Å². The Bertz CT molecular complexity index is 856. The third-order valence-electron chi connectivity index (χ3n) is 3.24. The Kier molecular flexibility index (Phi) is 4.05. The molecule has 0 unspecified atom stereocenters. The van der Waals surface area contributed by atoms with E-state index in [1.807, 2.05) is 31.2 Å². The average molecular weight is 308 g/mol. The van der Waals surface area contributed by atoms with Crippen LogP contribution in [-0.2, 0) is 4.74 Å². The number of benzene rings is 1. The number of H-pyrrole nitrogens is 1. The zero-order chi connectivity index (χ0) is 16.2. The monoisotopic (exact) mass is 308 g/mol.